The summed E-state index contributed by atoms with van der Waals surface area (Å²) in [6.45, 7) is 3.31. The van der Waals surface area contributed by atoms with Crippen molar-refractivity contribution >= 4 is 17.9 Å². The lowest BCUT2D eigenvalue weighted by Crippen LogP contribution is -2.47. The third-order valence-corrected chi connectivity index (χ3v) is 10.6. The third-order valence-electron chi connectivity index (χ3n) is 10.6. The summed E-state index contributed by atoms with van der Waals surface area (Å²) in [5.74, 6) is 1.35. The number of hydrogen-bond donors (Lipinski definition) is 0. The summed E-state index contributed by atoms with van der Waals surface area (Å²) in [7, 11) is 0. The second-order valence-electron chi connectivity index (χ2n) is 12.4. The maximum atomic E-state index is 13.1. The number of carbonyl (C=O) groups excluding carboxylic acids is 3. The standard InChI is InChI=1S/C27H37NO8/c29-21(11-28-1-3-32-4-2-28)35-24-18-10-19-23(27(31)36-25(19)24)22(18)26(30)34-13-33-12-20-16-6-14-5-15(8-16)9-17(20)7-14/h14-20,22-25H,1-13H2. The Bertz CT molecular complexity index is 874. The van der Waals surface area contributed by atoms with Crippen LogP contribution in [0.2, 0.25) is 0 Å². The fourth-order valence-electron chi connectivity index (χ4n) is 9.29. The van der Waals surface area contributed by atoms with Crippen LogP contribution in [0, 0.1) is 53.3 Å². The Labute approximate surface area is 211 Å². The predicted octanol–water partition coefficient (Wildman–Crippen LogP) is 1.63. The Morgan fingerprint density at radius 3 is 2.39 bits per heavy atom. The van der Waals surface area contributed by atoms with Crippen LogP contribution >= 0.6 is 0 Å². The summed E-state index contributed by atoms with van der Waals surface area (Å²) in [5, 5.41) is 0. The molecule has 2 aliphatic heterocycles. The highest BCUT2D eigenvalue weighted by Gasteiger charge is 2.70. The van der Waals surface area contributed by atoms with E-state index < -0.39 is 30.0 Å². The van der Waals surface area contributed by atoms with E-state index in [2.05, 4.69) is 0 Å². The van der Waals surface area contributed by atoms with Gasteiger partial charge in [-0.2, -0.15) is 0 Å². The molecule has 9 nitrogen and oxygen atoms in total. The van der Waals surface area contributed by atoms with Gasteiger partial charge in [-0.15, -0.1) is 0 Å². The molecular formula is C27H37NO8. The van der Waals surface area contributed by atoms with E-state index in [1.54, 1.807) is 0 Å². The minimum absolute atomic E-state index is 0.0812. The molecule has 6 unspecified atom stereocenters. The monoisotopic (exact) mass is 503 g/mol. The summed E-state index contributed by atoms with van der Waals surface area (Å²) in [6, 6.07) is 0. The van der Waals surface area contributed by atoms with E-state index in [1.807, 2.05) is 4.90 Å². The molecule has 0 aromatic rings. The summed E-state index contributed by atoms with van der Waals surface area (Å²) in [4.78, 5) is 40.4. The zero-order valence-corrected chi connectivity index (χ0v) is 20.8. The molecule has 6 bridgehead atoms. The van der Waals surface area contributed by atoms with E-state index >= 15 is 0 Å². The highest BCUT2D eigenvalue weighted by Crippen LogP contribution is 2.59. The first-order chi connectivity index (χ1) is 17.5. The Kier molecular flexibility index (Phi) is 6.01. The molecule has 6 atom stereocenters. The molecule has 9 heteroatoms. The second-order valence-corrected chi connectivity index (χ2v) is 12.4. The number of hydrogen-bond acceptors (Lipinski definition) is 9. The zero-order valence-electron chi connectivity index (χ0n) is 20.8. The number of fused-ring (bicyclic) bond motifs is 1. The Morgan fingerprint density at radius 1 is 0.944 bits per heavy atom. The van der Waals surface area contributed by atoms with Crippen LogP contribution in [0.1, 0.15) is 38.5 Å². The van der Waals surface area contributed by atoms with Gasteiger partial charge in [-0.05, 0) is 68.1 Å². The van der Waals surface area contributed by atoms with Crippen molar-refractivity contribution in [1.82, 2.24) is 4.90 Å². The molecule has 0 aromatic heterocycles. The number of rotatable bonds is 8. The first-order valence-corrected chi connectivity index (χ1v) is 14.0. The topological polar surface area (TPSA) is 101 Å². The average molecular weight is 504 g/mol. The lowest BCUT2D eigenvalue weighted by atomic mass is 9.52. The molecule has 0 spiro atoms. The molecule has 8 rings (SSSR count). The molecule has 36 heavy (non-hydrogen) atoms. The zero-order chi connectivity index (χ0) is 24.4. The minimum Gasteiger partial charge on any atom is -0.458 e. The van der Waals surface area contributed by atoms with E-state index in [0.717, 1.165) is 23.7 Å². The van der Waals surface area contributed by atoms with Crippen molar-refractivity contribution in [2.45, 2.75) is 50.7 Å². The van der Waals surface area contributed by atoms with E-state index in [0.29, 0.717) is 45.2 Å². The SMILES string of the molecule is O=C(CN1CCOCC1)OC1C2CC3C1OC(=O)C3C2C(=O)OCOCC1C2CC3CC(C2)CC1C3. The van der Waals surface area contributed by atoms with Crippen molar-refractivity contribution in [2.24, 2.45) is 53.3 Å². The third kappa shape index (κ3) is 3.97. The van der Waals surface area contributed by atoms with E-state index in [-0.39, 0.29) is 37.1 Å². The first kappa shape index (κ1) is 23.4. The van der Waals surface area contributed by atoms with Gasteiger partial charge in [0.05, 0.1) is 38.2 Å². The average Bonchev–Trinajstić information content (AvgIpc) is 3.47. The van der Waals surface area contributed by atoms with Crippen LogP contribution in [-0.2, 0) is 38.1 Å². The normalized spacial score (nSPS) is 46.2. The molecule has 0 N–H and O–H groups in total. The van der Waals surface area contributed by atoms with Gasteiger partial charge in [0.1, 0.15) is 12.2 Å². The van der Waals surface area contributed by atoms with Crippen molar-refractivity contribution in [3.8, 4) is 0 Å². The van der Waals surface area contributed by atoms with Gasteiger partial charge in [0.25, 0.3) is 0 Å². The smallest absolute Gasteiger partial charge is 0.320 e. The summed E-state index contributed by atoms with van der Waals surface area (Å²) >= 11 is 0. The van der Waals surface area contributed by atoms with Crippen molar-refractivity contribution in [3.63, 3.8) is 0 Å². The van der Waals surface area contributed by atoms with Crippen LogP contribution in [0.4, 0.5) is 0 Å². The van der Waals surface area contributed by atoms with Crippen LogP contribution in [0.5, 0.6) is 0 Å². The van der Waals surface area contributed by atoms with E-state index in [1.165, 1.54) is 32.1 Å². The minimum atomic E-state index is -0.632. The molecule has 8 fully saturated rings. The Balaban J connectivity index is 0.932. The molecule has 6 aliphatic carbocycles. The van der Waals surface area contributed by atoms with Crippen LogP contribution < -0.4 is 0 Å². The van der Waals surface area contributed by atoms with Crippen LogP contribution in [0.15, 0.2) is 0 Å². The Hall–Kier alpha value is -1.71. The Morgan fingerprint density at radius 2 is 1.67 bits per heavy atom. The summed E-state index contributed by atoms with van der Waals surface area (Å²) in [6.07, 6.45) is 6.38. The fourth-order valence-corrected chi connectivity index (χ4v) is 9.29. The molecule has 0 aromatic carbocycles. The fraction of sp³-hybridized carbons (Fsp3) is 0.889. The van der Waals surface area contributed by atoms with Gasteiger partial charge in [-0.3, -0.25) is 19.3 Å². The molecule has 8 aliphatic rings. The first-order valence-electron chi connectivity index (χ1n) is 14.0. The van der Waals surface area contributed by atoms with Gasteiger partial charge in [0, 0.05) is 24.9 Å². The second kappa shape index (κ2) is 9.24. The molecule has 6 saturated carbocycles. The number of nitrogens with zero attached hydrogens (tertiary/aromatic N) is 1. The van der Waals surface area contributed by atoms with E-state index in [9.17, 15) is 14.4 Å². The molecule has 198 valence electrons. The molecular weight excluding hydrogens is 466 g/mol. The van der Waals surface area contributed by atoms with Crippen molar-refractivity contribution in [2.75, 3.05) is 46.2 Å². The van der Waals surface area contributed by atoms with Crippen LogP contribution in [0.25, 0.3) is 0 Å². The molecule has 0 amide bonds. The maximum absolute atomic E-state index is 13.1. The lowest BCUT2D eigenvalue weighted by Gasteiger charge is -2.54. The maximum Gasteiger partial charge on any atom is 0.320 e. The number of carbonyl (C=O) groups is 3. The van der Waals surface area contributed by atoms with Crippen LogP contribution in [-0.4, -0.2) is 81.3 Å². The number of morpholine rings is 1. The summed E-state index contributed by atoms with van der Waals surface area (Å²) < 4.78 is 28.2. The molecule has 2 heterocycles. The van der Waals surface area contributed by atoms with Gasteiger partial charge < -0.3 is 23.7 Å². The predicted molar refractivity (Wildman–Crippen MR) is 123 cm³/mol. The highest BCUT2D eigenvalue weighted by molar-refractivity contribution is 5.86. The van der Waals surface area contributed by atoms with Gasteiger partial charge in [-0.1, -0.05) is 0 Å². The van der Waals surface area contributed by atoms with E-state index in [4.69, 9.17) is 23.7 Å². The quantitative estimate of drug-likeness (QED) is 0.212. The van der Waals surface area contributed by atoms with Gasteiger partial charge in [0.15, 0.2) is 6.79 Å². The van der Waals surface area contributed by atoms with Crippen molar-refractivity contribution in [3.05, 3.63) is 0 Å². The molecule has 0 radical (unpaired) electrons. The van der Waals surface area contributed by atoms with Crippen molar-refractivity contribution in [1.29, 1.82) is 0 Å². The number of esters is 3. The number of ether oxygens (including phenoxy) is 5. The molecule has 2 saturated heterocycles. The van der Waals surface area contributed by atoms with Gasteiger partial charge in [-0.25, -0.2) is 0 Å². The lowest BCUT2D eigenvalue weighted by molar-refractivity contribution is -0.175. The van der Waals surface area contributed by atoms with Crippen molar-refractivity contribution < 1.29 is 38.1 Å². The highest BCUT2D eigenvalue weighted by atomic mass is 16.7. The van der Waals surface area contributed by atoms with Crippen LogP contribution in [0.3, 0.4) is 0 Å². The van der Waals surface area contributed by atoms with Gasteiger partial charge in [0.2, 0.25) is 0 Å². The van der Waals surface area contributed by atoms with Gasteiger partial charge >= 0.3 is 17.9 Å². The summed E-state index contributed by atoms with van der Waals surface area (Å²) in [5.41, 5.74) is 0. The largest absolute Gasteiger partial charge is 0.458 e.